The van der Waals surface area contributed by atoms with Crippen LogP contribution in [0.1, 0.15) is 130 Å². The van der Waals surface area contributed by atoms with Crippen molar-refractivity contribution in [1.82, 2.24) is 95.7 Å². The lowest BCUT2D eigenvalue weighted by Gasteiger charge is -2.36. The van der Waals surface area contributed by atoms with Gasteiger partial charge in [-0.1, -0.05) is 27.7 Å². The number of benzene rings is 3. The van der Waals surface area contributed by atoms with Gasteiger partial charge in [0.15, 0.2) is 58.4 Å². The lowest BCUT2D eigenvalue weighted by Crippen LogP contribution is -2.60. The van der Waals surface area contributed by atoms with E-state index in [2.05, 4.69) is 101 Å². The predicted octanol–water partition coefficient (Wildman–Crippen LogP) is -7.75. The highest BCUT2D eigenvalue weighted by Gasteiger charge is 2.54. The van der Waals surface area contributed by atoms with Gasteiger partial charge in [0.2, 0.25) is 59.1 Å². The quantitative estimate of drug-likeness (QED) is 0.00623. The summed E-state index contributed by atoms with van der Waals surface area (Å²) < 4.78 is 12.2. The second-order valence-corrected chi connectivity index (χ2v) is 33.0. The second kappa shape index (κ2) is 55.5. The Morgan fingerprint density at radius 3 is 1.02 bits per heavy atom. The summed E-state index contributed by atoms with van der Waals surface area (Å²) in [4.78, 5) is 156. The van der Waals surface area contributed by atoms with Crippen LogP contribution in [0.4, 0.5) is 5.69 Å². The third kappa shape index (κ3) is 38.3. The number of nitrogens with one attached hydrogen (secondary N) is 27. The zero-order valence-electron chi connectivity index (χ0n) is 71.9. The normalized spacial score (nSPS) is 13.8. The summed E-state index contributed by atoms with van der Waals surface area (Å²) in [5.41, 5.74) is 56.7. The molecule has 52 nitrogen and oxygen atoms in total. The second-order valence-electron chi connectivity index (χ2n) is 29.9. The Balaban J connectivity index is 1.32. The average molecular weight is 1890 g/mol. The highest BCUT2D eigenvalue weighted by molar-refractivity contribution is 8.76. The Kier molecular flexibility index (Phi) is 45.4. The summed E-state index contributed by atoms with van der Waals surface area (Å²) >= 11 is 5.56. The highest BCUT2D eigenvalue weighted by atomic mass is 33.1. The van der Waals surface area contributed by atoms with Crippen LogP contribution >= 0.6 is 33.8 Å². The summed E-state index contributed by atoms with van der Waals surface area (Å²) in [6.07, 6.45) is -0.806. The van der Waals surface area contributed by atoms with Crippen molar-refractivity contribution in [2.75, 3.05) is 82.3 Å². The molecule has 0 aliphatic carbocycles. The molecule has 0 saturated carbocycles. The maximum absolute atomic E-state index is 15.0. The maximum atomic E-state index is 15.0. The van der Waals surface area contributed by atoms with Gasteiger partial charge in [-0.15, -0.1) is 0 Å². The first-order valence-electron chi connectivity index (χ1n) is 41.6. The van der Waals surface area contributed by atoms with Gasteiger partial charge in [0.25, 0.3) is 0 Å². The summed E-state index contributed by atoms with van der Waals surface area (Å²) in [6, 6.07) is 0.615. The van der Waals surface area contributed by atoms with Gasteiger partial charge in [0.05, 0.1) is 18.2 Å². The minimum atomic E-state index is -1.61. The number of aromatic hydroxyl groups is 2. The predicted molar refractivity (Wildman–Crippen MR) is 496 cm³/mol. The van der Waals surface area contributed by atoms with E-state index >= 15 is 0 Å². The fourth-order valence-electron chi connectivity index (χ4n) is 13.2. The molecule has 2 aliphatic heterocycles. The number of primary amides is 1. The number of rotatable bonds is 58. The van der Waals surface area contributed by atoms with Crippen molar-refractivity contribution in [3.8, 4) is 23.0 Å². The summed E-state index contributed by atoms with van der Waals surface area (Å²) in [5.74, 6) is -12.8. The topological polar surface area (TPSA) is 926 Å². The monoisotopic (exact) mass is 1890 g/mol. The molecule has 2 heterocycles. The fraction of sp³-hybridized carbons (Fsp3) is 0.500. The molecule has 0 unspecified atom stereocenters. The Morgan fingerprint density at radius 1 is 0.374 bits per heavy atom. The van der Waals surface area contributed by atoms with E-state index in [9.17, 15) is 63.0 Å². The van der Waals surface area contributed by atoms with Crippen molar-refractivity contribution in [2.24, 2.45) is 57.3 Å². The van der Waals surface area contributed by atoms with Crippen molar-refractivity contribution in [3.05, 3.63) is 76.9 Å². The zero-order valence-corrected chi connectivity index (χ0v) is 74.3. The van der Waals surface area contributed by atoms with Crippen LogP contribution in [0, 0.1) is 43.3 Å². The van der Waals surface area contributed by atoms with Crippen LogP contribution in [0.15, 0.2) is 54.6 Å². The van der Waals surface area contributed by atoms with Gasteiger partial charge in [-0.2, -0.15) is 0 Å². The number of carbonyl (C=O) groups is 11. The molecule has 5 rings (SSSR count). The number of amides is 10. The molecule has 0 radical (unpaired) electrons. The van der Waals surface area contributed by atoms with Crippen molar-refractivity contribution < 1.29 is 72.4 Å². The third-order valence-corrected chi connectivity index (χ3v) is 22.3. The molecule has 0 saturated heterocycles. The van der Waals surface area contributed by atoms with E-state index in [1.165, 1.54) is 45.9 Å². The number of phenolic OH excluding ortho intramolecular Hbond substituents is 2. The smallest absolute Gasteiger partial charge is 0.340 e. The molecule has 1 spiro atoms. The number of phenols is 2. The van der Waals surface area contributed by atoms with Crippen LogP contribution in [0.25, 0.3) is 0 Å². The summed E-state index contributed by atoms with van der Waals surface area (Å²) in [6.45, 7) is -0.332. The molecule has 720 valence electrons. The molecular weight excluding hydrogens is 1770 g/mol. The van der Waals surface area contributed by atoms with Gasteiger partial charge in [0.1, 0.15) is 71.3 Å². The molecular formula is C76H123N37O15S3. The Hall–Kier alpha value is -14.3. The van der Waals surface area contributed by atoms with Gasteiger partial charge < -0.3 is 178 Å². The van der Waals surface area contributed by atoms with Crippen LogP contribution in [0.5, 0.6) is 23.0 Å². The number of anilines is 1. The van der Waals surface area contributed by atoms with Gasteiger partial charge >= 0.3 is 5.97 Å². The van der Waals surface area contributed by atoms with Crippen LogP contribution < -0.4 is 163 Å². The number of ether oxygens (including phenoxy) is 2. The molecule has 3 aromatic carbocycles. The molecule has 9 atom stereocenters. The van der Waals surface area contributed by atoms with Crippen LogP contribution in [-0.2, 0) is 58.3 Å². The van der Waals surface area contributed by atoms with Crippen LogP contribution in [0.2, 0.25) is 0 Å². The first-order valence-corrected chi connectivity index (χ1v) is 44.5. The molecule has 0 bridgehead atoms. The minimum absolute atomic E-state index is 0.00446. The standard InChI is InChI=1S/C76H123N37O15S3/c77-45(9-1-23-95-67(79)80)58(118)107-47(11-3-25-97-69(83)84)60(120)109-49(13-5-27-99-71(87)88)62(122)111-51(15-7-29-101-73(91)92)64(124)113-52(16-8-30-102-74(93)94)65(125)112-50(14-6-28-100-72(89)90)63(123)110-48(12-4-26-98-70(85)86)61(121)108-46(10-2-24-96-68(81)82)59(119)104-36-56(116)106-53(57(78)117)37-131-130-32-31-103-75(129)105-38-17-20-42-41(33-38)66(126)128-76(42)43-21-18-39(114)34-54(43)127-55-35-40(115)19-22-44(55)76/h17-22,33-35,45-53,114-115H,1-16,23-32,36-37,77H2,(H2,78,117)(H,104,119)(H,106,116)(H,107,118)(H,108,121)(H,109,120)(H,110,123)(H,111,122)(H,112,125)(H,113,124)(H4,79,80,95)(H4,81,82,96)(H4,83,84,97)(H4,85,86,98)(H4,87,88,99)(H4,89,90,100)(H4,91,92,101)(H4,93,94,102)(H2,103,105,129)/t45-,46-,47-,48-,49-,50-,51-,52-,53-/m0/s1. The lowest BCUT2D eigenvalue weighted by atomic mass is 9.77. The Bertz CT molecular complexity index is 4520. The molecule has 49 N–H and O–H groups in total. The first-order chi connectivity index (χ1) is 62.2. The number of carbonyl (C=O) groups excluding carboxylic acids is 11. The van der Waals surface area contributed by atoms with Crippen molar-refractivity contribution in [3.63, 3.8) is 0 Å². The molecule has 3 aromatic rings. The first kappa shape index (κ1) is 107. The number of thiocarbonyl (C=S) groups is 1. The molecule has 0 fully saturated rings. The largest absolute Gasteiger partial charge is 0.508 e. The molecule has 131 heavy (non-hydrogen) atoms. The maximum Gasteiger partial charge on any atom is 0.340 e. The van der Waals surface area contributed by atoms with E-state index in [4.69, 9.17) is 122 Å². The van der Waals surface area contributed by atoms with Gasteiger partial charge in [0, 0.05) is 105 Å². The number of esters is 1. The van der Waals surface area contributed by atoms with Crippen molar-refractivity contribution >= 4 is 157 Å². The highest BCUT2D eigenvalue weighted by Crippen LogP contribution is 2.57. The van der Waals surface area contributed by atoms with E-state index in [-0.39, 0.29) is 207 Å². The van der Waals surface area contributed by atoms with E-state index in [0.717, 1.165) is 0 Å². The number of nitrogens with two attached hydrogens (primary N) is 10. The van der Waals surface area contributed by atoms with Gasteiger partial charge in [-0.05, 0) is 151 Å². The average Bonchev–Trinajstić information content (AvgIpc) is 1.58. The molecule has 2 aliphatic rings. The van der Waals surface area contributed by atoms with E-state index < -0.39 is 167 Å². The van der Waals surface area contributed by atoms with Crippen molar-refractivity contribution in [2.45, 2.75) is 163 Å². The Morgan fingerprint density at radius 2 is 0.687 bits per heavy atom. The third-order valence-electron chi connectivity index (χ3n) is 19.6. The van der Waals surface area contributed by atoms with E-state index in [0.29, 0.717) is 34.6 Å². The number of guanidine groups is 8. The van der Waals surface area contributed by atoms with Crippen LogP contribution in [-0.4, -0.2) is 259 Å². The lowest BCUT2D eigenvalue weighted by molar-refractivity contribution is -0.136. The fourth-order valence-corrected chi connectivity index (χ4v) is 15.5. The molecule has 0 aromatic heterocycles. The Labute approximate surface area is 767 Å². The van der Waals surface area contributed by atoms with Gasteiger partial charge in [-0.25, -0.2) is 4.79 Å². The molecule has 10 amide bonds. The number of hydrogen-bond acceptors (Lipinski definition) is 27. The van der Waals surface area contributed by atoms with Gasteiger partial charge in [-0.3, -0.25) is 91.2 Å². The van der Waals surface area contributed by atoms with E-state index in [1.54, 1.807) is 30.3 Å². The van der Waals surface area contributed by atoms with Crippen molar-refractivity contribution in [1.29, 1.82) is 43.3 Å². The minimum Gasteiger partial charge on any atom is -0.508 e. The number of fused-ring (bicyclic) bond motifs is 6. The molecule has 55 heteroatoms. The zero-order chi connectivity index (χ0) is 96.9. The number of hydrogen-bond donors (Lipinski definition) is 39. The SMILES string of the molecule is N=C(N)NCCC[C@H](NC(=O)[C@H](CCCNC(=N)N)NC(=O)[C@H](CCCNC(=N)N)NC(=O)[C@H](CCCNC(=N)N)NC(=O)[C@H](CCCNC(=N)N)NC(=O)[C@H](CCCNC(=N)N)NC(=O)[C@H](CCCNC(=N)N)NC(=O)[C@@H](N)CCCNC(=N)N)C(=O)NCC(=O)N[C@@H](CSSCCNC(=S)Nc1ccc2c(c1)C(=O)OC21c2ccc(O)cc2Oc2cc(O)ccc21)C(N)=O. The summed E-state index contributed by atoms with van der Waals surface area (Å²) in [5, 5.41) is 132. The van der Waals surface area contributed by atoms with Crippen LogP contribution in [0.3, 0.4) is 0 Å². The van der Waals surface area contributed by atoms with E-state index in [1.807, 2.05) is 0 Å². The summed E-state index contributed by atoms with van der Waals surface area (Å²) in [7, 11) is 2.46.